The standard InChI is InChI=1S/C13H21N3O2/c1-9(2)7-11(14)12(17)16-8-10-5-4-6-15-13(10)18-3/h4-6,9,11H,7-8,14H2,1-3H3,(H,16,17)/t11-/m1/s1. The summed E-state index contributed by atoms with van der Waals surface area (Å²) < 4.78 is 5.11. The summed E-state index contributed by atoms with van der Waals surface area (Å²) in [5.74, 6) is 0.781. The maximum atomic E-state index is 11.8. The molecule has 0 bridgehead atoms. The lowest BCUT2D eigenvalue weighted by Crippen LogP contribution is -2.41. The molecule has 0 radical (unpaired) electrons. The number of carbonyl (C=O) groups excluding carboxylic acids is 1. The van der Waals surface area contributed by atoms with E-state index in [2.05, 4.69) is 10.3 Å². The van der Waals surface area contributed by atoms with E-state index in [4.69, 9.17) is 10.5 Å². The van der Waals surface area contributed by atoms with Gasteiger partial charge in [0.05, 0.1) is 13.2 Å². The molecule has 5 heteroatoms. The number of rotatable bonds is 6. The number of ether oxygens (including phenoxy) is 1. The molecule has 0 saturated carbocycles. The van der Waals surface area contributed by atoms with Crippen LogP contribution in [0.4, 0.5) is 0 Å². The van der Waals surface area contributed by atoms with E-state index in [-0.39, 0.29) is 5.91 Å². The van der Waals surface area contributed by atoms with Crippen LogP contribution in [0.1, 0.15) is 25.8 Å². The number of hydrogen-bond donors (Lipinski definition) is 2. The third-order valence-electron chi connectivity index (χ3n) is 2.56. The summed E-state index contributed by atoms with van der Waals surface area (Å²) in [5.41, 5.74) is 6.63. The molecule has 0 aliphatic carbocycles. The highest BCUT2D eigenvalue weighted by atomic mass is 16.5. The van der Waals surface area contributed by atoms with E-state index in [0.29, 0.717) is 24.8 Å². The summed E-state index contributed by atoms with van der Waals surface area (Å²) in [5, 5.41) is 2.79. The van der Waals surface area contributed by atoms with Gasteiger partial charge in [0.25, 0.3) is 0 Å². The first-order valence-electron chi connectivity index (χ1n) is 6.05. The number of methoxy groups -OCH3 is 1. The zero-order valence-electron chi connectivity index (χ0n) is 11.1. The highest BCUT2D eigenvalue weighted by Crippen LogP contribution is 2.13. The van der Waals surface area contributed by atoms with Crippen molar-refractivity contribution in [3.8, 4) is 5.88 Å². The molecule has 18 heavy (non-hydrogen) atoms. The molecule has 1 aromatic rings. The van der Waals surface area contributed by atoms with Gasteiger partial charge in [-0.25, -0.2) is 4.98 Å². The Bertz CT molecular complexity index is 394. The van der Waals surface area contributed by atoms with E-state index in [1.807, 2.05) is 19.9 Å². The Morgan fingerprint density at radius 2 is 2.28 bits per heavy atom. The van der Waals surface area contributed by atoms with E-state index >= 15 is 0 Å². The van der Waals surface area contributed by atoms with Crippen molar-refractivity contribution in [2.45, 2.75) is 32.9 Å². The van der Waals surface area contributed by atoms with Gasteiger partial charge in [-0.3, -0.25) is 4.79 Å². The van der Waals surface area contributed by atoms with Crippen LogP contribution in [-0.2, 0) is 11.3 Å². The summed E-state index contributed by atoms with van der Waals surface area (Å²) in [4.78, 5) is 15.8. The molecule has 5 nitrogen and oxygen atoms in total. The largest absolute Gasteiger partial charge is 0.481 e. The number of hydrogen-bond acceptors (Lipinski definition) is 4. The van der Waals surface area contributed by atoms with Gasteiger partial charge in [-0.15, -0.1) is 0 Å². The van der Waals surface area contributed by atoms with Crippen LogP contribution >= 0.6 is 0 Å². The smallest absolute Gasteiger partial charge is 0.237 e. The van der Waals surface area contributed by atoms with Crippen molar-refractivity contribution in [3.63, 3.8) is 0 Å². The monoisotopic (exact) mass is 251 g/mol. The van der Waals surface area contributed by atoms with E-state index < -0.39 is 6.04 Å². The predicted molar refractivity (Wildman–Crippen MR) is 70.1 cm³/mol. The number of aromatic nitrogens is 1. The topological polar surface area (TPSA) is 77.2 Å². The van der Waals surface area contributed by atoms with E-state index in [0.717, 1.165) is 5.56 Å². The van der Waals surface area contributed by atoms with E-state index in [9.17, 15) is 4.79 Å². The second-order valence-electron chi connectivity index (χ2n) is 4.63. The molecular weight excluding hydrogens is 230 g/mol. The fourth-order valence-electron chi connectivity index (χ4n) is 1.67. The molecule has 0 fully saturated rings. The maximum absolute atomic E-state index is 11.8. The summed E-state index contributed by atoms with van der Waals surface area (Å²) in [6.07, 6.45) is 2.32. The minimum atomic E-state index is -0.465. The van der Waals surface area contributed by atoms with Gasteiger partial charge in [0.1, 0.15) is 0 Å². The predicted octanol–water partition coefficient (Wildman–Crippen LogP) is 1.08. The molecule has 0 unspecified atom stereocenters. The lowest BCUT2D eigenvalue weighted by Gasteiger charge is -2.14. The first kappa shape index (κ1) is 14.4. The van der Waals surface area contributed by atoms with Crippen molar-refractivity contribution in [3.05, 3.63) is 23.9 Å². The molecule has 1 aromatic heterocycles. The molecule has 0 aromatic carbocycles. The van der Waals surface area contributed by atoms with Crippen LogP contribution in [0.15, 0.2) is 18.3 Å². The lowest BCUT2D eigenvalue weighted by atomic mass is 10.0. The van der Waals surface area contributed by atoms with Gasteiger partial charge in [-0.1, -0.05) is 19.9 Å². The van der Waals surface area contributed by atoms with E-state index in [1.54, 1.807) is 19.4 Å². The molecule has 0 aliphatic rings. The number of nitrogens with two attached hydrogens (primary N) is 1. The first-order chi connectivity index (χ1) is 8.54. The van der Waals surface area contributed by atoms with Crippen LogP contribution < -0.4 is 15.8 Å². The molecule has 1 rings (SSSR count). The van der Waals surface area contributed by atoms with Gasteiger partial charge in [0.2, 0.25) is 11.8 Å². The Hall–Kier alpha value is -1.62. The Morgan fingerprint density at radius 3 is 2.89 bits per heavy atom. The fraction of sp³-hybridized carbons (Fsp3) is 0.538. The second-order valence-corrected chi connectivity index (χ2v) is 4.63. The number of nitrogens with one attached hydrogen (secondary N) is 1. The van der Waals surface area contributed by atoms with E-state index in [1.165, 1.54) is 0 Å². The zero-order valence-corrected chi connectivity index (χ0v) is 11.1. The quantitative estimate of drug-likeness (QED) is 0.793. The molecule has 0 spiro atoms. The Labute approximate surface area is 108 Å². The van der Waals surface area contributed by atoms with Crippen LogP contribution in [0.3, 0.4) is 0 Å². The van der Waals surface area contributed by atoms with Gasteiger partial charge in [0.15, 0.2) is 0 Å². The van der Waals surface area contributed by atoms with Gasteiger partial charge < -0.3 is 15.8 Å². The van der Waals surface area contributed by atoms with Crippen LogP contribution in [0.25, 0.3) is 0 Å². The zero-order chi connectivity index (χ0) is 13.5. The van der Waals surface area contributed by atoms with Crippen molar-refractivity contribution in [1.29, 1.82) is 0 Å². The van der Waals surface area contributed by atoms with Gasteiger partial charge in [-0.2, -0.15) is 0 Å². The maximum Gasteiger partial charge on any atom is 0.237 e. The van der Waals surface area contributed by atoms with Crippen molar-refractivity contribution >= 4 is 5.91 Å². The Kier molecular flexibility index (Phi) is 5.58. The average molecular weight is 251 g/mol. The fourth-order valence-corrected chi connectivity index (χ4v) is 1.67. The van der Waals surface area contributed by atoms with Crippen LogP contribution in [0, 0.1) is 5.92 Å². The molecule has 1 atom stereocenters. The van der Waals surface area contributed by atoms with Crippen LogP contribution in [0.2, 0.25) is 0 Å². The minimum absolute atomic E-state index is 0.144. The first-order valence-corrected chi connectivity index (χ1v) is 6.05. The second kappa shape index (κ2) is 6.96. The lowest BCUT2D eigenvalue weighted by molar-refractivity contribution is -0.122. The highest BCUT2D eigenvalue weighted by molar-refractivity contribution is 5.81. The van der Waals surface area contributed by atoms with Gasteiger partial charge >= 0.3 is 0 Å². The summed E-state index contributed by atoms with van der Waals surface area (Å²) in [7, 11) is 1.55. The number of carbonyl (C=O) groups is 1. The Morgan fingerprint density at radius 1 is 1.56 bits per heavy atom. The molecule has 0 aliphatic heterocycles. The SMILES string of the molecule is COc1ncccc1CNC(=O)[C@H](N)CC(C)C. The summed E-state index contributed by atoms with van der Waals surface area (Å²) >= 11 is 0. The molecule has 1 heterocycles. The van der Waals surface area contributed by atoms with Crippen LogP contribution in [-0.4, -0.2) is 24.0 Å². The summed E-state index contributed by atoms with van der Waals surface area (Å²) in [6.45, 7) is 4.45. The van der Waals surface area contributed by atoms with Gasteiger partial charge in [0, 0.05) is 18.3 Å². The number of pyridine rings is 1. The average Bonchev–Trinajstić information content (AvgIpc) is 2.35. The summed E-state index contributed by atoms with van der Waals surface area (Å²) in [6, 6.07) is 3.20. The normalized spacial score (nSPS) is 12.3. The molecule has 100 valence electrons. The van der Waals surface area contributed by atoms with Gasteiger partial charge in [-0.05, 0) is 18.4 Å². The highest BCUT2D eigenvalue weighted by Gasteiger charge is 2.15. The molecule has 3 N–H and O–H groups in total. The minimum Gasteiger partial charge on any atom is -0.481 e. The van der Waals surface area contributed by atoms with Crippen molar-refractivity contribution < 1.29 is 9.53 Å². The number of amides is 1. The van der Waals surface area contributed by atoms with Crippen molar-refractivity contribution in [2.75, 3.05) is 7.11 Å². The Balaban J connectivity index is 2.52. The molecule has 0 saturated heterocycles. The third-order valence-corrected chi connectivity index (χ3v) is 2.56. The molecular formula is C13H21N3O2. The number of nitrogens with zero attached hydrogens (tertiary/aromatic N) is 1. The van der Waals surface area contributed by atoms with Crippen LogP contribution in [0.5, 0.6) is 5.88 Å². The van der Waals surface area contributed by atoms with Crippen molar-refractivity contribution in [1.82, 2.24) is 10.3 Å². The van der Waals surface area contributed by atoms with Crippen molar-refractivity contribution in [2.24, 2.45) is 11.7 Å². The third kappa shape index (κ3) is 4.33. The molecule has 1 amide bonds.